The van der Waals surface area contributed by atoms with Crippen LogP contribution in [0.1, 0.15) is 49.7 Å². The summed E-state index contributed by atoms with van der Waals surface area (Å²) in [6.45, 7) is 4.25. The van der Waals surface area contributed by atoms with Gasteiger partial charge < -0.3 is 10.2 Å². The second kappa shape index (κ2) is 9.48. The fraction of sp³-hybridized carbons (Fsp3) is 0.455. The molecule has 2 heteroatoms. The Bertz CT molecular complexity index is 594. The summed E-state index contributed by atoms with van der Waals surface area (Å²) in [6.07, 6.45) is 8.06. The van der Waals surface area contributed by atoms with Crippen LogP contribution in [-0.2, 0) is 13.1 Å². The van der Waals surface area contributed by atoms with E-state index in [1.807, 2.05) is 0 Å². The molecule has 24 heavy (non-hydrogen) atoms. The Labute approximate surface area is 146 Å². The first kappa shape index (κ1) is 17.0. The third-order valence-electron chi connectivity index (χ3n) is 4.90. The molecule has 0 bridgehead atoms. The number of nitrogens with zero attached hydrogens (tertiary/aromatic N) is 1. The van der Waals surface area contributed by atoms with Crippen LogP contribution in [0.25, 0.3) is 0 Å². The number of para-hydroxylation sites is 1. The first-order valence-electron chi connectivity index (χ1n) is 9.51. The predicted octanol–water partition coefficient (Wildman–Crippen LogP) is 5.14. The van der Waals surface area contributed by atoms with Crippen LogP contribution >= 0.6 is 0 Å². The Balaban J connectivity index is 1.80. The summed E-state index contributed by atoms with van der Waals surface area (Å²) >= 11 is 0. The Morgan fingerprint density at radius 1 is 0.750 bits per heavy atom. The highest BCUT2D eigenvalue weighted by molar-refractivity contribution is 5.54. The quantitative estimate of drug-likeness (QED) is 0.824. The van der Waals surface area contributed by atoms with Gasteiger partial charge in [-0.1, -0.05) is 74.2 Å². The van der Waals surface area contributed by atoms with Gasteiger partial charge in [-0.25, -0.2) is 0 Å². The van der Waals surface area contributed by atoms with E-state index < -0.39 is 0 Å². The molecule has 0 fully saturated rings. The van der Waals surface area contributed by atoms with Crippen molar-refractivity contribution in [1.82, 2.24) is 5.32 Å². The molecule has 0 aliphatic carbocycles. The number of benzene rings is 2. The maximum atomic E-state index is 3.64. The standard InChI is InChI=1S/C22H30N2/c1-2-4-11-17-24(19-20-12-6-5-7-13-20)22-15-9-8-14-21(22)18-23-16-10-3-1/h5-9,12-15,23H,1-4,10-11,16-19H2. The molecule has 1 N–H and O–H groups in total. The van der Waals surface area contributed by atoms with Crippen molar-refractivity contribution in [3.8, 4) is 0 Å². The lowest BCUT2D eigenvalue weighted by Gasteiger charge is -2.27. The van der Waals surface area contributed by atoms with Gasteiger partial charge in [0.2, 0.25) is 0 Å². The highest BCUT2D eigenvalue weighted by Crippen LogP contribution is 2.24. The van der Waals surface area contributed by atoms with Gasteiger partial charge in [-0.15, -0.1) is 0 Å². The predicted molar refractivity (Wildman–Crippen MR) is 103 cm³/mol. The van der Waals surface area contributed by atoms with Crippen LogP contribution < -0.4 is 10.2 Å². The zero-order chi connectivity index (χ0) is 16.5. The molecule has 0 spiro atoms. The maximum absolute atomic E-state index is 3.64. The van der Waals surface area contributed by atoms with Crippen LogP contribution in [0.3, 0.4) is 0 Å². The molecule has 2 aromatic rings. The molecule has 0 amide bonds. The number of nitrogens with one attached hydrogen (secondary N) is 1. The third-order valence-corrected chi connectivity index (χ3v) is 4.90. The summed E-state index contributed by atoms with van der Waals surface area (Å²) < 4.78 is 0. The molecule has 1 aliphatic rings. The fourth-order valence-electron chi connectivity index (χ4n) is 3.54. The number of fused-ring (bicyclic) bond motifs is 1. The first-order valence-corrected chi connectivity index (χ1v) is 9.51. The van der Waals surface area contributed by atoms with Crippen molar-refractivity contribution < 1.29 is 0 Å². The second-order valence-electron chi connectivity index (χ2n) is 6.83. The SMILES string of the molecule is c1ccc(CN2CCCCCCCCNCc3ccccc32)cc1. The van der Waals surface area contributed by atoms with Gasteiger partial charge in [0.05, 0.1) is 0 Å². The average Bonchev–Trinajstić information content (AvgIpc) is 2.65. The largest absolute Gasteiger partial charge is 0.367 e. The third kappa shape index (κ3) is 5.10. The lowest BCUT2D eigenvalue weighted by atomic mass is 10.1. The Hall–Kier alpha value is -1.80. The summed E-state index contributed by atoms with van der Waals surface area (Å²) in [5.41, 5.74) is 4.21. The lowest BCUT2D eigenvalue weighted by Crippen LogP contribution is -2.26. The van der Waals surface area contributed by atoms with Gasteiger partial charge in [0, 0.05) is 25.3 Å². The van der Waals surface area contributed by atoms with E-state index in [-0.39, 0.29) is 0 Å². The van der Waals surface area contributed by atoms with E-state index in [1.54, 1.807) is 0 Å². The molecular formula is C22H30N2. The highest BCUT2D eigenvalue weighted by Gasteiger charge is 2.12. The molecule has 1 heterocycles. The van der Waals surface area contributed by atoms with Crippen LogP contribution in [0.2, 0.25) is 0 Å². The Morgan fingerprint density at radius 2 is 1.46 bits per heavy atom. The van der Waals surface area contributed by atoms with Crippen LogP contribution in [-0.4, -0.2) is 13.1 Å². The number of rotatable bonds is 2. The summed E-state index contributed by atoms with van der Waals surface area (Å²) in [6, 6.07) is 19.8. The molecule has 3 rings (SSSR count). The van der Waals surface area contributed by atoms with E-state index in [4.69, 9.17) is 0 Å². The molecule has 0 atom stereocenters. The maximum Gasteiger partial charge on any atom is 0.0429 e. The second-order valence-corrected chi connectivity index (χ2v) is 6.83. The number of hydrogen-bond donors (Lipinski definition) is 1. The molecule has 0 aromatic heterocycles. The van der Waals surface area contributed by atoms with Crippen LogP contribution in [0.15, 0.2) is 54.6 Å². The zero-order valence-electron chi connectivity index (χ0n) is 14.7. The summed E-state index contributed by atoms with van der Waals surface area (Å²) in [4.78, 5) is 2.57. The van der Waals surface area contributed by atoms with Gasteiger partial charge in [0.25, 0.3) is 0 Å². The van der Waals surface area contributed by atoms with Crippen LogP contribution in [0, 0.1) is 0 Å². The van der Waals surface area contributed by atoms with Crippen molar-refractivity contribution in [2.24, 2.45) is 0 Å². The van der Waals surface area contributed by atoms with Crippen molar-refractivity contribution >= 4 is 5.69 Å². The van der Waals surface area contributed by atoms with Crippen molar-refractivity contribution in [2.45, 2.75) is 51.6 Å². The van der Waals surface area contributed by atoms with Gasteiger partial charge in [0.1, 0.15) is 0 Å². The summed E-state index contributed by atoms with van der Waals surface area (Å²) in [7, 11) is 0. The van der Waals surface area contributed by atoms with E-state index in [0.717, 1.165) is 26.2 Å². The van der Waals surface area contributed by atoms with Crippen molar-refractivity contribution in [3.05, 3.63) is 65.7 Å². The molecule has 0 unspecified atom stereocenters. The normalized spacial score (nSPS) is 17.2. The lowest BCUT2D eigenvalue weighted by molar-refractivity contribution is 0.568. The average molecular weight is 322 g/mol. The minimum atomic E-state index is 0.974. The topological polar surface area (TPSA) is 15.3 Å². The Morgan fingerprint density at radius 3 is 2.33 bits per heavy atom. The number of hydrogen-bond acceptors (Lipinski definition) is 2. The van der Waals surface area contributed by atoms with E-state index in [9.17, 15) is 0 Å². The van der Waals surface area contributed by atoms with E-state index >= 15 is 0 Å². The Kier molecular flexibility index (Phi) is 6.73. The molecule has 0 saturated heterocycles. The van der Waals surface area contributed by atoms with Gasteiger partial charge >= 0.3 is 0 Å². The van der Waals surface area contributed by atoms with Crippen molar-refractivity contribution in [3.63, 3.8) is 0 Å². The molecular weight excluding hydrogens is 292 g/mol. The number of anilines is 1. The van der Waals surface area contributed by atoms with Gasteiger partial charge in [-0.2, -0.15) is 0 Å². The van der Waals surface area contributed by atoms with Crippen LogP contribution in [0.4, 0.5) is 5.69 Å². The van der Waals surface area contributed by atoms with Crippen LogP contribution in [0.5, 0.6) is 0 Å². The van der Waals surface area contributed by atoms with E-state index in [2.05, 4.69) is 64.8 Å². The fourth-order valence-corrected chi connectivity index (χ4v) is 3.54. The van der Waals surface area contributed by atoms with E-state index in [0.29, 0.717) is 0 Å². The summed E-state index contributed by atoms with van der Waals surface area (Å²) in [5.74, 6) is 0. The van der Waals surface area contributed by atoms with Crippen molar-refractivity contribution in [2.75, 3.05) is 18.0 Å². The molecule has 2 aromatic carbocycles. The molecule has 0 radical (unpaired) electrons. The van der Waals surface area contributed by atoms with Crippen molar-refractivity contribution in [1.29, 1.82) is 0 Å². The minimum Gasteiger partial charge on any atom is -0.367 e. The highest BCUT2D eigenvalue weighted by atomic mass is 15.1. The summed E-state index contributed by atoms with van der Waals surface area (Å²) in [5, 5.41) is 3.64. The van der Waals surface area contributed by atoms with E-state index in [1.165, 1.54) is 55.3 Å². The zero-order valence-corrected chi connectivity index (χ0v) is 14.7. The minimum absolute atomic E-state index is 0.974. The smallest absolute Gasteiger partial charge is 0.0429 e. The first-order chi connectivity index (χ1) is 11.9. The molecule has 1 aliphatic heterocycles. The van der Waals surface area contributed by atoms with Gasteiger partial charge in [-0.05, 0) is 36.6 Å². The molecule has 0 saturated carbocycles. The van der Waals surface area contributed by atoms with Gasteiger partial charge in [0.15, 0.2) is 0 Å². The molecule has 2 nitrogen and oxygen atoms in total. The monoisotopic (exact) mass is 322 g/mol. The molecule has 128 valence electrons. The van der Waals surface area contributed by atoms with Gasteiger partial charge in [-0.3, -0.25) is 0 Å².